The lowest BCUT2D eigenvalue weighted by molar-refractivity contribution is -0.143. The molecular weight excluding hydrogens is 276 g/mol. The third-order valence-corrected chi connectivity index (χ3v) is 4.49. The third-order valence-electron chi connectivity index (χ3n) is 3.79. The summed E-state index contributed by atoms with van der Waals surface area (Å²) >= 11 is 1.59. The number of amides is 2. The Morgan fingerprint density at radius 1 is 1.40 bits per heavy atom. The Kier molecular flexibility index (Phi) is 5.00. The SMILES string of the molecule is CC(NC(=O)NC1CCCCC1C(=O)O)c1ccsc1. The number of urea groups is 1. The molecular formula is C14H20N2O3S. The molecule has 1 fully saturated rings. The first-order valence-electron chi connectivity index (χ1n) is 6.90. The number of thiophene rings is 1. The zero-order valence-electron chi connectivity index (χ0n) is 11.5. The Balaban J connectivity index is 1.88. The molecule has 1 heterocycles. The molecule has 1 aliphatic rings. The van der Waals surface area contributed by atoms with Gasteiger partial charge in [-0.05, 0) is 42.2 Å². The van der Waals surface area contributed by atoms with Crippen LogP contribution in [0.4, 0.5) is 4.79 Å². The molecule has 3 unspecified atom stereocenters. The number of hydrogen-bond donors (Lipinski definition) is 3. The molecule has 0 aliphatic heterocycles. The minimum absolute atomic E-state index is 0.0758. The summed E-state index contributed by atoms with van der Waals surface area (Å²) in [7, 11) is 0. The summed E-state index contributed by atoms with van der Waals surface area (Å²) < 4.78 is 0. The van der Waals surface area contributed by atoms with Crippen molar-refractivity contribution in [1.29, 1.82) is 0 Å². The highest BCUT2D eigenvalue weighted by molar-refractivity contribution is 7.07. The average molecular weight is 296 g/mol. The van der Waals surface area contributed by atoms with Gasteiger partial charge < -0.3 is 15.7 Å². The van der Waals surface area contributed by atoms with Gasteiger partial charge in [0.2, 0.25) is 0 Å². The van der Waals surface area contributed by atoms with E-state index in [9.17, 15) is 14.7 Å². The monoisotopic (exact) mass is 296 g/mol. The first kappa shape index (κ1) is 14.8. The molecule has 110 valence electrons. The Morgan fingerprint density at radius 3 is 2.80 bits per heavy atom. The summed E-state index contributed by atoms with van der Waals surface area (Å²) in [5.74, 6) is -1.29. The quantitative estimate of drug-likeness (QED) is 0.799. The molecule has 0 radical (unpaired) electrons. The molecule has 0 spiro atoms. The fourth-order valence-electron chi connectivity index (χ4n) is 2.61. The third kappa shape index (κ3) is 3.72. The van der Waals surface area contributed by atoms with E-state index in [1.165, 1.54) is 0 Å². The zero-order valence-corrected chi connectivity index (χ0v) is 12.3. The Bertz CT molecular complexity index is 461. The molecule has 20 heavy (non-hydrogen) atoms. The van der Waals surface area contributed by atoms with E-state index in [0.717, 1.165) is 24.8 Å². The number of carbonyl (C=O) groups is 2. The van der Waals surface area contributed by atoms with Crippen molar-refractivity contribution in [1.82, 2.24) is 10.6 Å². The molecule has 2 amide bonds. The average Bonchev–Trinajstić information content (AvgIpc) is 2.92. The first-order chi connectivity index (χ1) is 9.58. The second-order valence-electron chi connectivity index (χ2n) is 5.23. The summed E-state index contributed by atoms with van der Waals surface area (Å²) in [6.45, 7) is 1.91. The van der Waals surface area contributed by atoms with Gasteiger partial charge in [0.1, 0.15) is 0 Å². The maximum atomic E-state index is 12.0. The highest BCUT2D eigenvalue weighted by Gasteiger charge is 2.31. The Morgan fingerprint density at radius 2 is 2.15 bits per heavy atom. The molecule has 0 bridgehead atoms. The Labute approximate surface area is 122 Å². The molecule has 1 aromatic rings. The standard InChI is InChI=1S/C14H20N2O3S/c1-9(10-6-7-20-8-10)15-14(19)16-12-5-3-2-4-11(12)13(17)18/h6-9,11-12H,2-5H2,1H3,(H,17,18)(H2,15,16,19). The van der Waals surface area contributed by atoms with E-state index in [1.807, 2.05) is 23.8 Å². The molecule has 1 aromatic heterocycles. The molecule has 0 aromatic carbocycles. The number of carboxylic acids is 1. The largest absolute Gasteiger partial charge is 0.481 e. The summed E-state index contributed by atoms with van der Waals surface area (Å²) in [5.41, 5.74) is 1.06. The normalized spacial score (nSPS) is 23.9. The van der Waals surface area contributed by atoms with Crippen molar-refractivity contribution in [2.75, 3.05) is 0 Å². The van der Waals surface area contributed by atoms with Crippen LogP contribution in [-0.4, -0.2) is 23.1 Å². The van der Waals surface area contributed by atoms with Crippen molar-refractivity contribution in [2.24, 2.45) is 5.92 Å². The molecule has 1 saturated carbocycles. The van der Waals surface area contributed by atoms with Crippen LogP contribution in [0.25, 0.3) is 0 Å². The van der Waals surface area contributed by atoms with Crippen LogP contribution in [-0.2, 0) is 4.79 Å². The number of nitrogens with one attached hydrogen (secondary N) is 2. The maximum Gasteiger partial charge on any atom is 0.315 e. The zero-order chi connectivity index (χ0) is 14.5. The minimum atomic E-state index is -0.819. The van der Waals surface area contributed by atoms with E-state index in [-0.39, 0.29) is 18.1 Å². The van der Waals surface area contributed by atoms with Crippen molar-refractivity contribution in [2.45, 2.75) is 44.7 Å². The second-order valence-corrected chi connectivity index (χ2v) is 6.01. The van der Waals surface area contributed by atoms with Gasteiger partial charge in [-0.2, -0.15) is 11.3 Å². The van der Waals surface area contributed by atoms with Crippen LogP contribution in [0.15, 0.2) is 16.8 Å². The lowest BCUT2D eigenvalue weighted by atomic mass is 9.84. The number of carboxylic acid groups (broad SMARTS) is 1. The highest BCUT2D eigenvalue weighted by atomic mass is 32.1. The number of hydrogen-bond acceptors (Lipinski definition) is 3. The van der Waals surface area contributed by atoms with Gasteiger partial charge in [-0.1, -0.05) is 12.8 Å². The van der Waals surface area contributed by atoms with Crippen LogP contribution in [0.5, 0.6) is 0 Å². The van der Waals surface area contributed by atoms with Crippen molar-refractivity contribution in [3.63, 3.8) is 0 Å². The molecule has 1 aliphatic carbocycles. The predicted octanol–water partition coefficient (Wildman–Crippen LogP) is 2.75. The first-order valence-corrected chi connectivity index (χ1v) is 7.84. The molecule has 5 nitrogen and oxygen atoms in total. The van der Waals surface area contributed by atoms with Gasteiger partial charge in [0.05, 0.1) is 12.0 Å². The summed E-state index contributed by atoms with van der Waals surface area (Å²) in [6.07, 6.45) is 3.26. The van der Waals surface area contributed by atoms with Gasteiger partial charge in [0.15, 0.2) is 0 Å². The number of aliphatic carboxylic acids is 1. The summed E-state index contributed by atoms with van der Waals surface area (Å²) in [5, 5.41) is 18.8. The van der Waals surface area contributed by atoms with Gasteiger partial charge in [-0.25, -0.2) is 4.79 Å². The summed E-state index contributed by atoms with van der Waals surface area (Å²) in [4.78, 5) is 23.2. The molecule has 0 saturated heterocycles. The van der Waals surface area contributed by atoms with Crippen LogP contribution in [0.2, 0.25) is 0 Å². The Hall–Kier alpha value is -1.56. The fraction of sp³-hybridized carbons (Fsp3) is 0.571. The lowest BCUT2D eigenvalue weighted by Crippen LogP contribution is -2.49. The van der Waals surface area contributed by atoms with E-state index < -0.39 is 11.9 Å². The number of rotatable bonds is 4. The van der Waals surface area contributed by atoms with Gasteiger partial charge in [-0.3, -0.25) is 4.79 Å². The molecule has 3 atom stereocenters. The van der Waals surface area contributed by atoms with Crippen LogP contribution < -0.4 is 10.6 Å². The smallest absolute Gasteiger partial charge is 0.315 e. The lowest BCUT2D eigenvalue weighted by Gasteiger charge is -2.29. The molecule has 2 rings (SSSR count). The van der Waals surface area contributed by atoms with Crippen molar-refractivity contribution < 1.29 is 14.7 Å². The predicted molar refractivity (Wildman–Crippen MR) is 77.8 cm³/mol. The van der Waals surface area contributed by atoms with E-state index in [0.29, 0.717) is 6.42 Å². The minimum Gasteiger partial charge on any atom is -0.481 e. The van der Waals surface area contributed by atoms with Gasteiger partial charge in [-0.15, -0.1) is 0 Å². The topological polar surface area (TPSA) is 78.4 Å². The second kappa shape index (κ2) is 6.74. The summed E-state index contributed by atoms with van der Waals surface area (Å²) in [6, 6.07) is 1.34. The van der Waals surface area contributed by atoms with Crippen LogP contribution in [0.1, 0.15) is 44.2 Å². The van der Waals surface area contributed by atoms with Crippen LogP contribution in [0, 0.1) is 5.92 Å². The number of carbonyl (C=O) groups excluding carboxylic acids is 1. The highest BCUT2D eigenvalue weighted by Crippen LogP contribution is 2.24. The molecule has 3 N–H and O–H groups in total. The van der Waals surface area contributed by atoms with Crippen LogP contribution in [0.3, 0.4) is 0 Å². The van der Waals surface area contributed by atoms with Gasteiger partial charge >= 0.3 is 12.0 Å². The van der Waals surface area contributed by atoms with Crippen molar-refractivity contribution in [3.8, 4) is 0 Å². The van der Waals surface area contributed by atoms with E-state index >= 15 is 0 Å². The van der Waals surface area contributed by atoms with E-state index in [2.05, 4.69) is 10.6 Å². The van der Waals surface area contributed by atoms with E-state index in [1.54, 1.807) is 11.3 Å². The van der Waals surface area contributed by atoms with Crippen molar-refractivity contribution >= 4 is 23.3 Å². The maximum absolute atomic E-state index is 12.0. The van der Waals surface area contributed by atoms with Crippen molar-refractivity contribution in [3.05, 3.63) is 22.4 Å². The van der Waals surface area contributed by atoms with Gasteiger partial charge in [0.25, 0.3) is 0 Å². The molecule has 6 heteroatoms. The van der Waals surface area contributed by atoms with Crippen LogP contribution >= 0.6 is 11.3 Å². The van der Waals surface area contributed by atoms with E-state index in [4.69, 9.17) is 0 Å². The van der Waals surface area contributed by atoms with Gasteiger partial charge in [0, 0.05) is 6.04 Å². The fourth-order valence-corrected chi connectivity index (χ4v) is 3.36.